The zero-order valence-corrected chi connectivity index (χ0v) is 11.3. The van der Waals surface area contributed by atoms with Crippen molar-refractivity contribution in [3.05, 3.63) is 27.7 Å². The van der Waals surface area contributed by atoms with E-state index in [0.717, 1.165) is 15.6 Å². The Bertz CT molecular complexity index is 381. The molecule has 88 valence electrons. The van der Waals surface area contributed by atoms with Gasteiger partial charge < -0.3 is 10.5 Å². The van der Waals surface area contributed by atoms with E-state index in [4.69, 9.17) is 10.5 Å². The highest BCUT2D eigenvalue weighted by Gasteiger charge is 2.15. The number of hydrogen-bond acceptors (Lipinski definition) is 2. The second-order valence-corrected chi connectivity index (χ2v) is 4.58. The van der Waals surface area contributed by atoms with E-state index in [1.165, 1.54) is 0 Å². The molecule has 0 aliphatic carbocycles. The van der Waals surface area contributed by atoms with Crippen molar-refractivity contribution in [2.75, 3.05) is 0 Å². The van der Waals surface area contributed by atoms with Crippen LogP contribution < -0.4 is 10.5 Å². The molecule has 1 amide bonds. The van der Waals surface area contributed by atoms with Gasteiger partial charge in [0.2, 0.25) is 0 Å². The number of halogens is 1. The van der Waals surface area contributed by atoms with Crippen LogP contribution in [-0.2, 0) is 4.79 Å². The summed E-state index contributed by atoms with van der Waals surface area (Å²) >= 11 is 3.48. The van der Waals surface area contributed by atoms with Crippen molar-refractivity contribution in [2.45, 2.75) is 33.3 Å². The van der Waals surface area contributed by atoms with Gasteiger partial charge in [-0.25, -0.2) is 0 Å². The van der Waals surface area contributed by atoms with Gasteiger partial charge in [-0.3, -0.25) is 4.79 Å². The molecule has 0 bridgehead atoms. The topological polar surface area (TPSA) is 52.3 Å². The number of ether oxygens (including phenoxy) is 1. The fourth-order valence-corrected chi connectivity index (χ4v) is 1.71. The Morgan fingerprint density at radius 2 is 1.94 bits per heavy atom. The van der Waals surface area contributed by atoms with Crippen LogP contribution in [0.4, 0.5) is 0 Å². The largest absolute Gasteiger partial charge is 0.481 e. The third-order valence-corrected chi connectivity index (χ3v) is 3.63. The quantitative estimate of drug-likeness (QED) is 0.925. The van der Waals surface area contributed by atoms with Crippen molar-refractivity contribution in [1.29, 1.82) is 0 Å². The van der Waals surface area contributed by atoms with Crippen LogP contribution in [0.5, 0.6) is 5.75 Å². The Balaban J connectivity index is 2.93. The van der Waals surface area contributed by atoms with Crippen LogP contribution in [0.1, 0.15) is 24.5 Å². The first-order valence-corrected chi connectivity index (χ1v) is 5.97. The van der Waals surface area contributed by atoms with Crippen molar-refractivity contribution in [2.24, 2.45) is 5.73 Å². The van der Waals surface area contributed by atoms with Crippen molar-refractivity contribution < 1.29 is 9.53 Å². The molecule has 16 heavy (non-hydrogen) atoms. The van der Waals surface area contributed by atoms with Gasteiger partial charge in [-0.05, 0) is 43.5 Å². The van der Waals surface area contributed by atoms with Crippen LogP contribution in [0.15, 0.2) is 16.6 Å². The Morgan fingerprint density at radius 3 is 2.31 bits per heavy atom. The molecule has 0 heterocycles. The molecule has 0 spiro atoms. The zero-order valence-electron chi connectivity index (χ0n) is 9.71. The normalized spacial score (nSPS) is 12.2. The number of carbonyl (C=O) groups excluding carboxylic acids is 1. The number of aryl methyl sites for hydroxylation is 2. The van der Waals surface area contributed by atoms with Crippen LogP contribution in [0.25, 0.3) is 0 Å². The highest BCUT2D eigenvalue weighted by molar-refractivity contribution is 9.10. The smallest absolute Gasteiger partial charge is 0.258 e. The molecule has 0 saturated heterocycles. The molecule has 1 rings (SSSR count). The molecular weight excluding hydrogens is 270 g/mol. The van der Waals surface area contributed by atoms with E-state index in [2.05, 4.69) is 15.9 Å². The zero-order chi connectivity index (χ0) is 12.3. The van der Waals surface area contributed by atoms with Gasteiger partial charge in [0.25, 0.3) is 5.91 Å². The number of amides is 1. The number of rotatable bonds is 4. The SMILES string of the molecule is CCC(Oc1cc(C)c(Br)c(C)c1)C(N)=O. The Labute approximate surface area is 104 Å². The van der Waals surface area contributed by atoms with Crippen LogP contribution in [-0.4, -0.2) is 12.0 Å². The van der Waals surface area contributed by atoms with Gasteiger partial charge in [0.15, 0.2) is 6.10 Å². The average Bonchev–Trinajstić information content (AvgIpc) is 2.21. The van der Waals surface area contributed by atoms with Gasteiger partial charge in [-0.2, -0.15) is 0 Å². The molecule has 3 nitrogen and oxygen atoms in total. The molecule has 1 aromatic rings. The van der Waals surface area contributed by atoms with Gasteiger partial charge in [-0.1, -0.05) is 22.9 Å². The van der Waals surface area contributed by atoms with Gasteiger partial charge in [0, 0.05) is 4.47 Å². The van der Waals surface area contributed by atoms with Gasteiger partial charge in [0.1, 0.15) is 5.75 Å². The number of nitrogens with two attached hydrogens (primary N) is 1. The van der Waals surface area contributed by atoms with E-state index in [1.54, 1.807) is 0 Å². The van der Waals surface area contributed by atoms with Crippen molar-refractivity contribution in [3.63, 3.8) is 0 Å². The second-order valence-electron chi connectivity index (χ2n) is 3.79. The monoisotopic (exact) mass is 285 g/mol. The Kier molecular flexibility index (Phi) is 4.35. The minimum Gasteiger partial charge on any atom is -0.481 e. The summed E-state index contributed by atoms with van der Waals surface area (Å²) in [7, 11) is 0. The minimum absolute atomic E-state index is 0.430. The lowest BCUT2D eigenvalue weighted by molar-refractivity contribution is -0.124. The average molecular weight is 286 g/mol. The minimum atomic E-state index is -0.556. The molecule has 1 atom stereocenters. The van der Waals surface area contributed by atoms with Crippen molar-refractivity contribution in [1.82, 2.24) is 0 Å². The van der Waals surface area contributed by atoms with Crippen LogP contribution in [0, 0.1) is 13.8 Å². The van der Waals surface area contributed by atoms with Gasteiger partial charge in [0.05, 0.1) is 0 Å². The summed E-state index contributed by atoms with van der Waals surface area (Å²) in [5.74, 6) is 0.254. The number of carbonyl (C=O) groups is 1. The fraction of sp³-hybridized carbons (Fsp3) is 0.417. The van der Waals surface area contributed by atoms with E-state index in [1.807, 2.05) is 32.9 Å². The van der Waals surface area contributed by atoms with Crippen molar-refractivity contribution in [3.8, 4) is 5.75 Å². The van der Waals surface area contributed by atoms with Crippen molar-refractivity contribution >= 4 is 21.8 Å². The highest BCUT2D eigenvalue weighted by Crippen LogP contribution is 2.27. The van der Waals surface area contributed by atoms with E-state index in [-0.39, 0.29) is 0 Å². The summed E-state index contributed by atoms with van der Waals surface area (Å²) in [6.45, 7) is 5.83. The Hall–Kier alpha value is -1.03. The molecule has 0 fully saturated rings. The third-order valence-electron chi connectivity index (χ3n) is 2.38. The lowest BCUT2D eigenvalue weighted by atomic mass is 10.1. The predicted molar refractivity (Wildman–Crippen MR) is 67.5 cm³/mol. The maximum atomic E-state index is 11.1. The molecule has 0 radical (unpaired) electrons. The number of primary amides is 1. The summed E-state index contributed by atoms with van der Waals surface area (Å²) in [5, 5.41) is 0. The highest BCUT2D eigenvalue weighted by atomic mass is 79.9. The summed E-state index contributed by atoms with van der Waals surface area (Å²) in [4.78, 5) is 11.1. The molecular formula is C12H16BrNO2. The molecule has 1 unspecified atom stereocenters. The van der Waals surface area contributed by atoms with Gasteiger partial charge in [-0.15, -0.1) is 0 Å². The molecule has 0 aliphatic heterocycles. The Morgan fingerprint density at radius 1 is 1.44 bits per heavy atom. The predicted octanol–water partition coefficient (Wildman–Crippen LogP) is 2.71. The van der Waals surface area contributed by atoms with E-state index in [9.17, 15) is 4.79 Å². The van der Waals surface area contributed by atoms with Crippen LogP contribution in [0.3, 0.4) is 0 Å². The van der Waals surface area contributed by atoms with E-state index >= 15 is 0 Å². The van der Waals surface area contributed by atoms with E-state index in [0.29, 0.717) is 12.2 Å². The molecule has 1 aromatic carbocycles. The number of benzene rings is 1. The summed E-state index contributed by atoms with van der Waals surface area (Å²) in [6, 6.07) is 3.78. The molecule has 0 saturated carbocycles. The van der Waals surface area contributed by atoms with Crippen LogP contribution in [0.2, 0.25) is 0 Å². The van der Waals surface area contributed by atoms with Crippen LogP contribution >= 0.6 is 15.9 Å². The lowest BCUT2D eigenvalue weighted by Gasteiger charge is -2.15. The molecule has 2 N–H and O–H groups in total. The molecule has 0 aliphatic rings. The number of hydrogen-bond donors (Lipinski definition) is 1. The standard InChI is InChI=1S/C12H16BrNO2/c1-4-10(12(14)15)16-9-5-7(2)11(13)8(3)6-9/h5-6,10H,4H2,1-3H3,(H2,14,15). The molecule has 0 aromatic heterocycles. The van der Waals surface area contributed by atoms with E-state index < -0.39 is 12.0 Å². The maximum absolute atomic E-state index is 11.1. The first-order chi connectivity index (χ1) is 7.45. The second kappa shape index (κ2) is 5.34. The summed E-state index contributed by atoms with van der Waals surface area (Å²) in [6.07, 6.45) is 0.0173. The first-order valence-electron chi connectivity index (χ1n) is 5.18. The lowest BCUT2D eigenvalue weighted by Crippen LogP contribution is -2.33. The maximum Gasteiger partial charge on any atom is 0.258 e. The summed E-state index contributed by atoms with van der Waals surface area (Å²) < 4.78 is 6.61. The first kappa shape index (κ1) is 13.0. The fourth-order valence-electron chi connectivity index (χ4n) is 1.48. The van der Waals surface area contributed by atoms with Gasteiger partial charge >= 0.3 is 0 Å². The molecule has 4 heteroatoms. The summed E-state index contributed by atoms with van der Waals surface area (Å²) in [5.41, 5.74) is 7.38. The third kappa shape index (κ3) is 2.98.